The molecule has 39 heavy (non-hydrogen) atoms. The molecule has 0 aliphatic rings. The lowest BCUT2D eigenvalue weighted by Gasteiger charge is -2.24. The van der Waals surface area contributed by atoms with Crippen molar-refractivity contribution >= 4 is 32.6 Å². The fourth-order valence-corrected chi connectivity index (χ4v) is 5.36. The van der Waals surface area contributed by atoms with E-state index in [9.17, 15) is 31.2 Å². The van der Waals surface area contributed by atoms with E-state index in [0.717, 1.165) is 34.1 Å². The monoisotopic (exact) mass is 557 g/mol. The first-order chi connectivity index (χ1) is 18.4. The third kappa shape index (κ3) is 6.04. The number of carbonyl (C=O) groups excluding carboxylic acids is 1. The van der Waals surface area contributed by atoms with Crippen LogP contribution in [0.1, 0.15) is 27.0 Å². The van der Waals surface area contributed by atoms with Crippen LogP contribution in [0.5, 0.6) is 0 Å². The Hall–Kier alpha value is -4.38. The quantitative estimate of drug-likeness (QED) is 0.153. The lowest BCUT2D eigenvalue weighted by atomic mass is 10.1. The summed E-state index contributed by atoms with van der Waals surface area (Å²) in [6.45, 7) is 4.73. The van der Waals surface area contributed by atoms with Crippen molar-refractivity contribution in [1.82, 2.24) is 0 Å². The minimum absolute atomic E-state index is 0.109. The highest BCUT2D eigenvalue weighted by Gasteiger charge is 2.32. The highest BCUT2D eigenvalue weighted by Crippen LogP contribution is 2.33. The number of sulfonamides is 1. The summed E-state index contributed by atoms with van der Waals surface area (Å²) < 4.78 is 77.9. The molecule has 4 rings (SSSR count). The molecule has 0 aliphatic heterocycles. The van der Waals surface area contributed by atoms with Crippen molar-refractivity contribution in [2.45, 2.75) is 24.6 Å². The van der Waals surface area contributed by atoms with Crippen LogP contribution in [0.15, 0.2) is 99.6 Å². The second-order valence-electron chi connectivity index (χ2n) is 8.57. The lowest BCUT2D eigenvalue weighted by molar-refractivity contribution is -0.137. The number of aryl methyl sites for hydroxylation is 1. The zero-order valence-electron chi connectivity index (χ0n) is 20.6. The van der Waals surface area contributed by atoms with Gasteiger partial charge in [-0.15, -0.1) is 6.58 Å². The molecule has 0 atom stereocenters. The lowest BCUT2D eigenvalue weighted by Crippen LogP contribution is -2.31. The van der Waals surface area contributed by atoms with Gasteiger partial charge in [0.25, 0.3) is 10.0 Å². The molecule has 0 amide bonds. The number of fused-ring (bicyclic) bond motifs is 1. The van der Waals surface area contributed by atoms with Crippen molar-refractivity contribution in [3.05, 3.63) is 118 Å². The van der Waals surface area contributed by atoms with E-state index in [1.54, 1.807) is 18.2 Å². The van der Waals surface area contributed by atoms with Gasteiger partial charge < -0.3 is 9.15 Å². The Balaban J connectivity index is 1.62. The Labute approximate surface area is 221 Å². The van der Waals surface area contributed by atoms with Gasteiger partial charge >= 0.3 is 17.8 Å². The van der Waals surface area contributed by atoms with E-state index in [1.165, 1.54) is 36.4 Å². The van der Waals surface area contributed by atoms with E-state index < -0.39 is 33.4 Å². The summed E-state index contributed by atoms with van der Waals surface area (Å²) in [6, 6.07) is 15.2. The van der Waals surface area contributed by atoms with Gasteiger partial charge in [0, 0.05) is 17.0 Å². The number of benzene rings is 3. The first kappa shape index (κ1) is 27.6. The van der Waals surface area contributed by atoms with Crippen LogP contribution in [0.2, 0.25) is 0 Å². The van der Waals surface area contributed by atoms with Gasteiger partial charge in [0.05, 0.1) is 28.3 Å². The number of ether oxygens (including phenoxy) is 1. The molecule has 7 nitrogen and oxygen atoms in total. The predicted molar refractivity (Wildman–Crippen MR) is 139 cm³/mol. The van der Waals surface area contributed by atoms with Crippen LogP contribution in [-0.2, 0) is 27.5 Å². The molecule has 1 aromatic heterocycles. The maximum atomic E-state index is 13.4. The van der Waals surface area contributed by atoms with Crippen molar-refractivity contribution in [1.29, 1.82) is 0 Å². The number of alkyl halides is 3. The Kier molecular flexibility index (Phi) is 7.64. The average Bonchev–Trinajstić information content (AvgIpc) is 2.89. The molecule has 0 saturated heterocycles. The Morgan fingerprint density at radius 3 is 2.51 bits per heavy atom. The normalized spacial score (nSPS) is 11.8. The van der Waals surface area contributed by atoms with Gasteiger partial charge in [-0.25, -0.2) is 18.0 Å². The van der Waals surface area contributed by atoms with Gasteiger partial charge in [-0.3, -0.25) is 4.31 Å². The molecule has 0 aliphatic carbocycles. The van der Waals surface area contributed by atoms with Gasteiger partial charge in [0.1, 0.15) is 12.2 Å². The molecule has 1 heterocycles. The number of nitrogens with zero attached hydrogens (tertiary/aromatic N) is 1. The smallest absolute Gasteiger partial charge is 0.416 e. The number of halogens is 3. The van der Waals surface area contributed by atoms with E-state index >= 15 is 0 Å². The molecule has 202 valence electrons. The molecule has 4 aromatic rings. The maximum absolute atomic E-state index is 13.4. The fraction of sp³-hybridized carbons (Fsp3) is 0.143. The van der Waals surface area contributed by atoms with Crippen LogP contribution in [0.4, 0.5) is 18.9 Å². The number of anilines is 1. The van der Waals surface area contributed by atoms with E-state index in [4.69, 9.17) is 9.15 Å². The second kappa shape index (κ2) is 10.8. The summed E-state index contributed by atoms with van der Waals surface area (Å²) in [6.07, 6.45) is -3.44. The topological polar surface area (TPSA) is 93.9 Å². The van der Waals surface area contributed by atoms with Crippen LogP contribution >= 0.6 is 0 Å². The number of rotatable bonds is 8. The predicted octanol–water partition coefficient (Wildman–Crippen LogP) is 5.86. The van der Waals surface area contributed by atoms with Crippen molar-refractivity contribution in [3.63, 3.8) is 0 Å². The first-order valence-corrected chi connectivity index (χ1v) is 13.0. The van der Waals surface area contributed by atoms with Crippen LogP contribution in [0.3, 0.4) is 0 Å². The minimum atomic E-state index is -4.67. The van der Waals surface area contributed by atoms with Crippen LogP contribution < -0.4 is 9.93 Å². The van der Waals surface area contributed by atoms with Crippen molar-refractivity contribution in [2.75, 3.05) is 10.8 Å². The molecular formula is C28H22F3NO6S. The molecule has 0 fully saturated rings. The highest BCUT2D eigenvalue weighted by molar-refractivity contribution is 7.92. The second-order valence-corrected chi connectivity index (χ2v) is 10.4. The first-order valence-electron chi connectivity index (χ1n) is 11.5. The average molecular weight is 558 g/mol. The zero-order valence-corrected chi connectivity index (χ0v) is 21.4. The van der Waals surface area contributed by atoms with Crippen molar-refractivity contribution in [3.8, 4) is 0 Å². The largest absolute Gasteiger partial charge is 0.457 e. The van der Waals surface area contributed by atoms with Gasteiger partial charge in [-0.2, -0.15) is 13.2 Å². The Morgan fingerprint density at radius 2 is 1.79 bits per heavy atom. The summed E-state index contributed by atoms with van der Waals surface area (Å²) in [5.74, 6) is -0.866. The van der Waals surface area contributed by atoms with Crippen molar-refractivity contribution < 1.29 is 35.5 Å². The molecule has 0 spiro atoms. The third-order valence-corrected chi connectivity index (χ3v) is 7.55. The summed E-state index contributed by atoms with van der Waals surface area (Å²) in [5, 5.41) is 0.575. The molecule has 0 unspecified atom stereocenters. The number of carbonyl (C=O) groups is 1. The van der Waals surface area contributed by atoms with Crippen LogP contribution in [-0.4, -0.2) is 20.9 Å². The van der Waals surface area contributed by atoms with E-state index in [1.807, 2.05) is 6.92 Å². The molecule has 11 heteroatoms. The summed E-state index contributed by atoms with van der Waals surface area (Å²) >= 11 is 0. The third-order valence-electron chi connectivity index (χ3n) is 5.76. The SMILES string of the molecule is C=CCN(c1cccc(C(F)(F)F)c1)S(=O)(=O)c1cccc(C(=O)OCc2cc(=O)oc3cc(C)ccc23)c1. The summed E-state index contributed by atoms with van der Waals surface area (Å²) in [5.41, 5.74) is -0.361. The van der Waals surface area contributed by atoms with Crippen molar-refractivity contribution in [2.24, 2.45) is 0 Å². The molecule has 0 N–H and O–H groups in total. The highest BCUT2D eigenvalue weighted by atomic mass is 32.2. The minimum Gasteiger partial charge on any atom is -0.457 e. The van der Waals surface area contributed by atoms with E-state index in [2.05, 4.69) is 6.58 Å². The van der Waals surface area contributed by atoms with Gasteiger partial charge in [0.15, 0.2) is 0 Å². The number of hydrogen-bond acceptors (Lipinski definition) is 6. The van der Waals surface area contributed by atoms with Crippen LogP contribution in [0.25, 0.3) is 11.0 Å². The fourth-order valence-electron chi connectivity index (χ4n) is 3.89. The number of esters is 1. The molecule has 0 radical (unpaired) electrons. The van der Waals surface area contributed by atoms with Gasteiger partial charge in [-0.1, -0.05) is 30.3 Å². The van der Waals surface area contributed by atoms with Gasteiger partial charge in [0.2, 0.25) is 0 Å². The Morgan fingerprint density at radius 1 is 1.05 bits per heavy atom. The Bertz CT molecular complexity index is 1730. The number of hydrogen-bond donors (Lipinski definition) is 0. The zero-order chi connectivity index (χ0) is 28.4. The summed E-state index contributed by atoms with van der Waals surface area (Å²) in [4.78, 5) is 24.4. The van der Waals surface area contributed by atoms with E-state index in [0.29, 0.717) is 16.5 Å². The van der Waals surface area contributed by atoms with E-state index in [-0.39, 0.29) is 29.3 Å². The molecular weight excluding hydrogens is 535 g/mol. The molecule has 0 bridgehead atoms. The molecule has 3 aromatic carbocycles. The molecule has 0 saturated carbocycles. The standard InChI is InChI=1S/C28H22F3NO6S/c1-3-12-32(22-8-5-7-21(16-22)28(29,30)31)39(35,36)23-9-4-6-19(14-23)27(34)37-17-20-15-26(33)38-25-13-18(2)10-11-24(20)25/h3-11,13-16H,1,12,17H2,2H3. The van der Waals surface area contributed by atoms with Gasteiger partial charge in [-0.05, 0) is 55.0 Å². The summed E-state index contributed by atoms with van der Waals surface area (Å²) in [7, 11) is -4.41. The maximum Gasteiger partial charge on any atom is 0.416 e. The van der Waals surface area contributed by atoms with Crippen LogP contribution in [0, 0.1) is 6.92 Å².